The lowest BCUT2D eigenvalue weighted by Gasteiger charge is -2.26. The normalized spacial score (nSPS) is 14.4. The van der Waals surface area contributed by atoms with Gasteiger partial charge in [-0.2, -0.15) is 0 Å². The highest BCUT2D eigenvalue weighted by molar-refractivity contribution is 7.93. The van der Waals surface area contributed by atoms with Gasteiger partial charge in [0.1, 0.15) is 12.4 Å². The van der Waals surface area contributed by atoms with Crippen LogP contribution in [0.3, 0.4) is 0 Å². The van der Waals surface area contributed by atoms with Crippen molar-refractivity contribution in [2.45, 2.75) is 11.4 Å². The summed E-state index contributed by atoms with van der Waals surface area (Å²) in [6, 6.07) is 16.2. The third-order valence-electron chi connectivity index (χ3n) is 5.01. The monoisotopic (exact) mass is 455 g/mol. The molecular weight excluding hydrogens is 434 g/mol. The number of ether oxygens (including phenoxy) is 2. The summed E-state index contributed by atoms with van der Waals surface area (Å²) >= 11 is 0. The Labute approximate surface area is 184 Å². The molecule has 0 spiro atoms. The molecule has 0 saturated carbocycles. The molecule has 32 heavy (non-hydrogen) atoms. The van der Waals surface area contributed by atoms with Crippen LogP contribution in [0.4, 0.5) is 10.5 Å². The lowest BCUT2D eigenvalue weighted by molar-refractivity contribution is -0.143. The Bertz CT molecular complexity index is 1270. The number of benzene rings is 3. The van der Waals surface area contributed by atoms with E-state index in [4.69, 9.17) is 15.2 Å². The molecule has 10 heteroatoms. The van der Waals surface area contributed by atoms with Crippen LogP contribution in [-0.2, 0) is 26.1 Å². The zero-order chi connectivity index (χ0) is 22.7. The Hall–Kier alpha value is -3.63. The fourth-order valence-electron chi connectivity index (χ4n) is 3.51. The van der Waals surface area contributed by atoms with E-state index < -0.39 is 16.1 Å². The van der Waals surface area contributed by atoms with Crippen molar-refractivity contribution >= 4 is 38.5 Å². The second kappa shape index (κ2) is 8.85. The highest BCUT2D eigenvalue weighted by atomic mass is 32.2. The Balaban J connectivity index is 1.56. The van der Waals surface area contributed by atoms with E-state index in [1.165, 1.54) is 12.1 Å². The zero-order valence-electron chi connectivity index (χ0n) is 17.0. The molecule has 3 N–H and O–H groups in total. The molecule has 9 nitrogen and oxygen atoms in total. The maximum atomic E-state index is 13.1. The van der Waals surface area contributed by atoms with Gasteiger partial charge in [0.15, 0.2) is 0 Å². The van der Waals surface area contributed by atoms with Crippen LogP contribution in [-0.4, -0.2) is 45.1 Å². The van der Waals surface area contributed by atoms with Gasteiger partial charge in [0, 0.05) is 29.5 Å². The second-order valence-electron chi connectivity index (χ2n) is 7.20. The minimum Gasteiger partial charge on any atom is -0.410 e. The van der Waals surface area contributed by atoms with Gasteiger partial charge in [0.25, 0.3) is 10.0 Å². The first-order valence-corrected chi connectivity index (χ1v) is 11.3. The molecule has 1 aliphatic rings. The molecule has 3 aromatic carbocycles. The molecule has 2 amide bonds. The van der Waals surface area contributed by atoms with Crippen molar-refractivity contribution in [3.05, 3.63) is 66.2 Å². The highest BCUT2D eigenvalue weighted by Gasteiger charge is 2.20. The van der Waals surface area contributed by atoms with Gasteiger partial charge in [-0.05, 0) is 29.8 Å². The second-order valence-corrected chi connectivity index (χ2v) is 8.85. The summed E-state index contributed by atoms with van der Waals surface area (Å²) in [4.78, 5) is 24.8. The van der Waals surface area contributed by atoms with E-state index in [0.717, 1.165) is 5.56 Å². The number of amides is 2. The van der Waals surface area contributed by atoms with Crippen LogP contribution in [0.5, 0.6) is 5.75 Å². The number of fused-ring (bicyclic) bond motifs is 1. The molecule has 1 heterocycles. The Kier molecular flexibility index (Phi) is 5.97. The summed E-state index contributed by atoms with van der Waals surface area (Å²) < 4.78 is 38.8. The van der Waals surface area contributed by atoms with Gasteiger partial charge < -0.3 is 20.1 Å². The summed E-state index contributed by atoms with van der Waals surface area (Å²) in [5, 5.41) is 0.834. The predicted molar refractivity (Wildman–Crippen MR) is 118 cm³/mol. The van der Waals surface area contributed by atoms with E-state index in [2.05, 4.69) is 4.72 Å². The molecular formula is C22H21N3O6S. The number of nitrogens with zero attached hydrogens (tertiary/aromatic N) is 1. The van der Waals surface area contributed by atoms with Crippen LogP contribution < -0.4 is 15.2 Å². The first kappa shape index (κ1) is 21.6. The number of morpholine rings is 1. The summed E-state index contributed by atoms with van der Waals surface area (Å²) in [7, 11) is -3.94. The lowest BCUT2D eigenvalue weighted by Crippen LogP contribution is -2.40. The fraction of sp³-hybridized carbons (Fsp3) is 0.182. The van der Waals surface area contributed by atoms with E-state index in [-0.39, 0.29) is 23.2 Å². The first-order chi connectivity index (χ1) is 15.3. The number of nitrogens with two attached hydrogens (primary N) is 1. The number of sulfonamides is 1. The standard InChI is InChI=1S/C22H21N3O6S/c23-22(27)31-19-5-1-4-18-17(19)3-2-6-20(18)32(28,29)24-16-9-7-15(8-10-16)13-25-11-12-30-14-21(25)26/h1-10,24H,11-14H2,(H2,23,27). The minimum atomic E-state index is -3.94. The van der Waals surface area contributed by atoms with E-state index in [0.29, 0.717) is 36.2 Å². The quantitative estimate of drug-likeness (QED) is 0.588. The Morgan fingerprint density at radius 3 is 2.50 bits per heavy atom. The predicted octanol–water partition coefficient (Wildman–Crippen LogP) is 2.46. The molecule has 3 aromatic rings. The summed E-state index contributed by atoms with van der Waals surface area (Å²) in [5.74, 6) is 0.103. The number of hydrogen-bond donors (Lipinski definition) is 2. The molecule has 0 atom stereocenters. The number of carbonyl (C=O) groups excluding carboxylic acids is 2. The smallest absolute Gasteiger partial charge is 0.409 e. The van der Waals surface area contributed by atoms with Gasteiger partial charge in [-0.15, -0.1) is 0 Å². The SMILES string of the molecule is NC(=O)Oc1cccc2c(S(=O)(=O)Nc3ccc(CN4CCOCC4=O)cc3)cccc12. The lowest BCUT2D eigenvalue weighted by atomic mass is 10.1. The number of primary amides is 1. The zero-order valence-corrected chi connectivity index (χ0v) is 17.8. The number of rotatable bonds is 6. The van der Waals surface area contributed by atoms with Crippen molar-refractivity contribution in [3.8, 4) is 5.75 Å². The van der Waals surface area contributed by atoms with Gasteiger partial charge in [-0.3, -0.25) is 9.52 Å². The minimum absolute atomic E-state index is 0.0351. The van der Waals surface area contributed by atoms with Gasteiger partial charge in [0.05, 0.1) is 11.5 Å². The molecule has 0 aliphatic carbocycles. The van der Waals surface area contributed by atoms with Crippen LogP contribution in [0.15, 0.2) is 65.6 Å². The summed E-state index contributed by atoms with van der Waals surface area (Å²) in [6.07, 6.45) is -0.984. The molecule has 0 aromatic heterocycles. The van der Waals surface area contributed by atoms with Crippen LogP contribution in [0.2, 0.25) is 0 Å². The first-order valence-electron chi connectivity index (χ1n) is 9.80. The molecule has 1 fully saturated rings. The number of nitrogens with one attached hydrogen (secondary N) is 1. The van der Waals surface area contributed by atoms with Crippen molar-refractivity contribution in [1.82, 2.24) is 4.90 Å². The molecule has 166 valence electrons. The van der Waals surface area contributed by atoms with Crippen molar-refractivity contribution in [2.75, 3.05) is 24.5 Å². The fourth-order valence-corrected chi connectivity index (χ4v) is 4.79. The van der Waals surface area contributed by atoms with E-state index >= 15 is 0 Å². The van der Waals surface area contributed by atoms with Crippen LogP contribution in [0.1, 0.15) is 5.56 Å². The van der Waals surface area contributed by atoms with Crippen molar-refractivity contribution in [3.63, 3.8) is 0 Å². The molecule has 0 radical (unpaired) electrons. The van der Waals surface area contributed by atoms with Crippen LogP contribution in [0, 0.1) is 0 Å². The van der Waals surface area contributed by atoms with Crippen molar-refractivity contribution < 1.29 is 27.5 Å². The molecule has 1 aliphatic heterocycles. The van der Waals surface area contributed by atoms with Crippen LogP contribution >= 0.6 is 0 Å². The van der Waals surface area contributed by atoms with Crippen molar-refractivity contribution in [2.24, 2.45) is 5.73 Å². The maximum Gasteiger partial charge on any atom is 0.409 e. The summed E-state index contributed by atoms with van der Waals surface area (Å²) in [6.45, 7) is 1.53. The van der Waals surface area contributed by atoms with Gasteiger partial charge in [0.2, 0.25) is 5.91 Å². The Morgan fingerprint density at radius 2 is 1.78 bits per heavy atom. The Morgan fingerprint density at radius 1 is 1.06 bits per heavy atom. The average molecular weight is 455 g/mol. The van der Waals surface area contributed by atoms with Crippen molar-refractivity contribution in [1.29, 1.82) is 0 Å². The van der Waals surface area contributed by atoms with E-state index in [1.54, 1.807) is 53.4 Å². The van der Waals surface area contributed by atoms with E-state index in [9.17, 15) is 18.0 Å². The topological polar surface area (TPSA) is 128 Å². The largest absolute Gasteiger partial charge is 0.410 e. The number of anilines is 1. The molecule has 1 saturated heterocycles. The molecule has 0 unspecified atom stereocenters. The van der Waals surface area contributed by atoms with E-state index in [1.807, 2.05) is 0 Å². The number of carbonyl (C=O) groups is 2. The van der Waals surface area contributed by atoms with Crippen LogP contribution in [0.25, 0.3) is 10.8 Å². The molecule has 0 bridgehead atoms. The average Bonchev–Trinajstić information content (AvgIpc) is 2.76. The number of hydrogen-bond acceptors (Lipinski definition) is 6. The summed E-state index contributed by atoms with van der Waals surface area (Å²) in [5.41, 5.74) is 6.36. The van der Waals surface area contributed by atoms with Gasteiger partial charge in [-0.1, -0.05) is 36.4 Å². The van der Waals surface area contributed by atoms with Gasteiger partial charge >= 0.3 is 6.09 Å². The van der Waals surface area contributed by atoms with Gasteiger partial charge in [-0.25, -0.2) is 13.2 Å². The molecule has 4 rings (SSSR count). The third-order valence-corrected chi connectivity index (χ3v) is 6.44. The maximum absolute atomic E-state index is 13.1. The third kappa shape index (κ3) is 4.66. The highest BCUT2D eigenvalue weighted by Crippen LogP contribution is 2.31.